The molecule has 2 N–H and O–H groups in total. The van der Waals surface area contributed by atoms with Crippen LogP contribution in [0, 0.1) is 0 Å². The highest BCUT2D eigenvalue weighted by molar-refractivity contribution is 5.97. The number of H-pyrrole nitrogens is 1. The Bertz CT molecular complexity index is 909. The summed E-state index contributed by atoms with van der Waals surface area (Å²) in [5.41, 5.74) is 3.04. The van der Waals surface area contributed by atoms with Crippen LogP contribution in [0.25, 0.3) is 11.0 Å². The van der Waals surface area contributed by atoms with Crippen molar-refractivity contribution in [3.05, 3.63) is 48.2 Å². The molecule has 1 saturated heterocycles. The van der Waals surface area contributed by atoms with Gasteiger partial charge in [0.1, 0.15) is 17.6 Å². The lowest BCUT2D eigenvalue weighted by molar-refractivity contribution is -0.0245. The van der Waals surface area contributed by atoms with Gasteiger partial charge in [-0.3, -0.25) is 9.78 Å². The lowest BCUT2D eigenvalue weighted by Crippen LogP contribution is -2.42. The van der Waals surface area contributed by atoms with E-state index in [-0.39, 0.29) is 12.0 Å². The molecule has 0 spiro atoms. The third-order valence-electron chi connectivity index (χ3n) is 4.29. The van der Waals surface area contributed by atoms with Crippen molar-refractivity contribution in [2.45, 2.75) is 6.10 Å². The van der Waals surface area contributed by atoms with Gasteiger partial charge in [-0.1, -0.05) is 0 Å². The third-order valence-corrected chi connectivity index (χ3v) is 4.29. The van der Waals surface area contributed by atoms with Crippen molar-refractivity contribution in [2.75, 3.05) is 32.1 Å². The average molecular weight is 338 g/mol. The molecule has 3 aromatic rings. The van der Waals surface area contributed by atoms with E-state index in [9.17, 15) is 4.79 Å². The van der Waals surface area contributed by atoms with Gasteiger partial charge >= 0.3 is 0 Å². The summed E-state index contributed by atoms with van der Waals surface area (Å²) in [6.45, 7) is 1.45. The molecule has 8 nitrogen and oxygen atoms in total. The Balaban J connectivity index is 1.57. The van der Waals surface area contributed by atoms with E-state index in [2.05, 4.69) is 25.3 Å². The molecule has 25 heavy (non-hydrogen) atoms. The van der Waals surface area contributed by atoms with E-state index in [1.165, 1.54) is 0 Å². The summed E-state index contributed by atoms with van der Waals surface area (Å²) >= 11 is 0. The molecule has 1 unspecified atom stereocenters. The normalized spacial score (nSPS) is 17.6. The summed E-state index contributed by atoms with van der Waals surface area (Å²) in [5.74, 6) is 0.639. The summed E-state index contributed by atoms with van der Waals surface area (Å²) in [6.07, 6.45) is 4.58. The number of nitrogens with zero attached hydrogens (tertiary/aromatic N) is 4. The average Bonchev–Trinajstić information content (AvgIpc) is 3.15. The van der Waals surface area contributed by atoms with Crippen molar-refractivity contribution in [1.29, 1.82) is 0 Å². The van der Waals surface area contributed by atoms with E-state index < -0.39 is 0 Å². The second kappa shape index (κ2) is 6.48. The van der Waals surface area contributed by atoms with Crippen LogP contribution in [0.15, 0.2) is 36.9 Å². The Labute approximate surface area is 144 Å². The minimum absolute atomic E-state index is 0.0281. The number of carbonyl (C=O) groups excluding carboxylic acids is 1. The monoisotopic (exact) mass is 338 g/mol. The molecular weight excluding hydrogens is 320 g/mol. The van der Waals surface area contributed by atoms with Gasteiger partial charge in [0.2, 0.25) is 0 Å². The van der Waals surface area contributed by atoms with Crippen LogP contribution in [0.5, 0.6) is 0 Å². The molecule has 1 amide bonds. The maximum Gasteiger partial charge on any atom is 0.254 e. The number of hydrogen-bond donors (Lipinski definition) is 2. The molecule has 0 radical (unpaired) electrons. The van der Waals surface area contributed by atoms with Crippen LogP contribution in [-0.2, 0) is 4.74 Å². The van der Waals surface area contributed by atoms with E-state index in [1.807, 2.05) is 12.1 Å². The molecule has 1 aliphatic heterocycles. The van der Waals surface area contributed by atoms with Gasteiger partial charge in [0, 0.05) is 31.5 Å². The molecule has 4 rings (SSSR count). The first-order chi connectivity index (χ1) is 12.3. The van der Waals surface area contributed by atoms with Gasteiger partial charge in [0.25, 0.3) is 5.91 Å². The van der Waals surface area contributed by atoms with Crippen molar-refractivity contribution < 1.29 is 9.53 Å². The van der Waals surface area contributed by atoms with Crippen LogP contribution in [0.4, 0.5) is 5.82 Å². The number of ether oxygens (including phenoxy) is 1. The predicted molar refractivity (Wildman–Crippen MR) is 92.3 cm³/mol. The van der Waals surface area contributed by atoms with Gasteiger partial charge in [0.15, 0.2) is 0 Å². The van der Waals surface area contributed by atoms with Crippen LogP contribution in [0.3, 0.4) is 0 Å². The number of aromatic amines is 1. The topological polar surface area (TPSA) is 96.0 Å². The minimum atomic E-state index is -0.301. The first-order valence-electron chi connectivity index (χ1n) is 8.09. The van der Waals surface area contributed by atoms with Crippen LogP contribution in [-0.4, -0.2) is 57.5 Å². The molecule has 3 heterocycles. The van der Waals surface area contributed by atoms with Crippen molar-refractivity contribution >= 4 is 22.8 Å². The number of morpholine rings is 1. The molecule has 0 bridgehead atoms. The molecule has 1 aromatic carbocycles. The van der Waals surface area contributed by atoms with Gasteiger partial charge in [-0.15, -0.1) is 0 Å². The number of nitrogens with one attached hydrogen (secondary N) is 2. The summed E-state index contributed by atoms with van der Waals surface area (Å²) < 4.78 is 5.83. The molecule has 2 aromatic heterocycles. The Morgan fingerprint density at radius 3 is 3.08 bits per heavy atom. The first kappa shape index (κ1) is 15.5. The summed E-state index contributed by atoms with van der Waals surface area (Å²) in [5, 5.41) is 3.02. The van der Waals surface area contributed by atoms with Gasteiger partial charge in [-0.05, 0) is 18.2 Å². The Hall–Kier alpha value is -3.00. The van der Waals surface area contributed by atoms with Crippen molar-refractivity contribution in [3.63, 3.8) is 0 Å². The number of rotatable bonds is 3. The number of hydrogen-bond acceptors (Lipinski definition) is 6. The first-order valence-corrected chi connectivity index (χ1v) is 8.09. The highest BCUT2D eigenvalue weighted by atomic mass is 16.5. The second-order valence-electron chi connectivity index (χ2n) is 5.79. The van der Waals surface area contributed by atoms with E-state index in [1.54, 1.807) is 36.7 Å². The highest BCUT2D eigenvalue weighted by Crippen LogP contribution is 2.26. The van der Waals surface area contributed by atoms with E-state index in [0.717, 1.165) is 11.0 Å². The molecule has 0 saturated carbocycles. The minimum Gasteiger partial charge on any atom is -0.372 e. The predicted octanol–water partition coefficient (Wildman–Crippen LogP) is 1.61. The second-order valence-corrected chi connectivity index (χ2v) is 5.79. The van der Waals surface area contributed by atoms with E-state index in [0.29, 0.717) is 36.8 Å². The maximum atomic E-state index is 12.9. The molecule has 128 valence electrons. The summed E-state index contributed by atoms with van der Waals surface area (Å²) in [4.78, 5) is 30.5. The van der Waals surface area contributed by atoms with Crippen LogP contribution in [0.1, 0.15) is 22.2 Å². The summed E-state index contributed by atoms with van der Waals surface area (Å²) in [6, 6.07) is 5.48. The SMILES string of the molecule is CNc1nccnc1C1CN(C(=O)c2ccc3nc[nH]c3c2)CCO1. The fraction of sp³-hybridized carbons (Fsp3) is 0.294. The van der Waals surface area contributed by atoms with Gasteiger partial charge in [0.05, 0.1) is 30.5 Å². The zero-order valence-electron chi connectivity index (χ0n) is 13.8. The van der Waals surface area contributed by atoms with Gasteiger partial charge in [-0.2, -0.15) is 0 Å². The van der Waals surface area contributed by atoms with E-state index >= 15 is 0 Å². The molecular formula is C17H18N6O2. The molecule has 1 atom stereocenters. The van der Waals surface area contributed by atoms with Crippen molar-refractivity contribution in [1.82, 2.24) is 24.8 Å². The number of imidazole rings is 1. The van der Waals surface area contributed by atoms with Crippen molar-refractivity contribution in [3.8, 4) is 0 Å². The Kier molecular flexibility index (Phi) is 4.02. The zero-order chi connectivity index (χ0) is 17.2. The van der Waals surface area contributed by atoms with Gasteiger partial charge in [-0.25, -0.2) is 9.97 Å². The van der Waals surface area contributed by atoms with Crippen LogP contribution < -0.4 is 5.32 Å². The zero-order valence-corrected chi connectivity index (χ0v) is 13.8. The quantitative estimate of drug-likeness (QED) is 0.753. The third kappa shape index (κ3) is 2.91. The standard InChI is InChI=1S/C17H18N6O2/c1-18-16-15(19-4-5-20-16)14-9-23(6-7-25-14)17(24)11-2-3-12-13(8-11)22-10-21-12/h2-5,8,10,14H,6-7,9H2,1H3,(H,18,20)(H,21,22). The molecule has 1 fully saturated rings. The van der Waals surface area contributed by atoms with Crippen molar-refractivity contribution in [2.24, 2.45) is 0 Å². The van der Waals surface area contributed by atoms with Gasteiger partial charge < -0.3 is 19.9 Å². The largest absolute Gasteiger partial charge is 0.372 e. The molecule has 8 heteroatoms. The number of fused-ring (bicyclic) bond motifs is 1. The number of amides is 1. The Morgan fingerprint density at radius 2 is 2.20 bits per heavy atom. The smallest absolute Gasteiger partial charge is 0.254 e. The number of carbonyl (C=O) groups is 1. The fourth-order valence-corrected chi connectivity index (χ4v) is 3.03. The number of benzene rings is 1. The number of anilines is 1. The molecule has 0 aliphatic carbocycles. The highest BCUT2D eigenvalue weighted by Gasteiger charge is 2.29. The lowest BCUT2D eigenvalue weighted by Gasteiger charge is -2.33. The molecule has 1 aliphatic rings. The van der Waals surface area contributed by atoms with Crippen LogP contribution >= 0.6 is 0 Å². The van der Waals surface area contributed by atoms with E-state index in [4.69, 9.17) is 4.74 Å². The Morgan fingerprint density at radius 1 is 1.32 bits per heavy atom. The summed E-state index contributed by atoms with van der Waals surface area (Å²) in [7, 11) is 1.79. The maximum absolute atomic E-state index is 12.9. The lowest BCUT2D eigenvalue weighted by atomic mass is 10.1. The number of aromatic nitrogens is 4. The van der Waals surface area contributed by atoms with Crippen LogP contribution in [0.2, 0.25) is 0 Å². The fourth-order valence-electron chi connectivity index (χ4n) is 3.03.